The Morgan fingerprint density at radius 3 is 2.91 bits per heavy atom. The maximum Gasteiger partial charge on any atom is 0.153 e. The molecule has 1 saturated heterocycles. The Bertz CT molecular complexity index is 769. The number of ether oxygens (including phenoxy) is 1. The molecule has 4 nitrogen and oxygen atoms in total. The summed E-state index contributed by atoms with van der Waals surface area (Å²) in [5, 5.41) is 3.49. The minimum Gasteiger partial charge on any atom is -0.454 e. The molecule has 23 heavy (non-hydrogen) atoms. The van der Waals surface area contributed by atoms with Gasteiger partial charge in [-0.25, -0.2) is 4.99 Å². The summed E-state index contributed by atoms with van der Waals surface area (Å²) in [4.78, 5) is 7.34. The van der Waals surface area contributed by atoms with Crippen LogP contribution in [0, 0.1) is 6.92 Å². The topological polar surface area (TPSA) is 36.9 Å². The molecule has 0 radical (unpaired) electrons. The van der Waals surface area contributed by atoms with Gasteiger partial charge in [0, 0.05) is 25.7 Å². The Morgan fingerprint density at radius 1 is 1.17 bits per heavy atom. The quantitative estimate of drug-likeness (QED) is 0.809. The van der Waals surface area contributed by atoms with Gasteiger partial charge < -0.3 is 15.0 Å². The number of rotatable bonds is 0. The second-order valence-corrected chi connectivity index (χ2v) is 6.31. The van der Waals surface area contributed by atoms with Crippen LogP contribution in [0.25, 0.3) is 0 Å². The number of piperazine rings is 1. The summed E-state index contributed by atoms with van der Waals surface area (Å²) >= 11 is 0. The summed E-state index contributed by atoms with van der Waals surface area (Å²) in [6, 6.07) is 14.8. The average molecular weight is 307 g/mol. The van der Waals surface area contributed by atoms with Crippen LogP contribution in [0.5, 0.6) is 11.5 Å². The van der Waals surface area contributed by atoms with Crippen molar-refractivity contribution in [3.63, 3.8) is 0 Å². The second-order valence-electron chi connectivity index (χ2n) is 6.31. The number of hydrogen-bond donors (Lipinski definition) is 1. The first kappa shape index (κ1) is 14.3. The van der Waals surface area contributed by atoms with Gasteiger partial charge in [0.05, 0.1) is 5.56 Å². The highest BCUT2D eigenvalue weighted by Crippen LogP contribution is 2.38. The Hall–Kier alpha value is -2.33. The van der Waals surface area contributed by atoms with Crippen LogP contribution >= 0.6 is 0 Å². The number of hydrogen-bond acceptors (Lipinski definition) is 4. The summed E-state index contributed by atoms with van der Waals surface area (Å²) in [7, 11) is 0. The fourth-order valence-corrected chi connectivity index (χ4v) is 3.20. The molecule has 0 saturated carbocycles. The molecule has 2 aromatic carbocycles. The Morgan fingerprint density at radius 2 is 2.04 bits per heavy atom. The Labute approximate surface area is 136 Å². The van der Waals surface area contributed by atoms with E-state index in [1.165, 1.54) is 5.56 Å². The zero-order valence-corrected chi connectivity index (χ0v) is 13.5. The second kappa shape index (κ2) is 5.70. The van der Waals surface area contributed by atoms with Gasteiger partial charge in [-0.3, -0.25) is 0 Å². The van der Waals surface area contributed by atoms with Crippen molar-refractivity contribution in [2.45, 2.75) is 19.9 Å². The first-order valence-electron chi connectivity index (χ1n) is 8.15. The van der Waals surface area contributed by atoms with E-state index in [1.54, 1.807) is 0 Å². The molecule has 0 aliphatic carbocycles. The molecule has 1 unspecified atom stereocenters. The van der Waals surface area contributed by atoms with Crippen LogP contribution in [0.4, 0.5) is 5.69 Å². The van der Waals surface area contributed by atoms with Crippen LogP contribution in [0.15, 0.2) is 47.5 Å². The predicted octanol–water partition coefficient (Wildman–Crippen LogP) is 3.47. The lowest BCUT2D eigenvalue weighted by Crippen LogP contribution is -2.51. The van der Waals surface area contributed by atoms with Crippen molar-refractivity contribution >= 4 is 11.5 Å². The van der Waals surface area contributed by atoms with Crippen molar-refractivity contribution in [2.75, 3.05) is 19.6 Å². The predicted molar refractivity (Wildman–Crippen MR) is 92.9 cm³/mol. The number of fused-ring (bicyclic) bond motifs is 2. The largest absolute Gasteiger partial charge is 0.454 e. The number of nitrogens with one attached hydrogen (secondary N) is 1. The van der Waals surface area contributed by atoms with Crippen molar-refractivity contribution in [1.82, 2.24) is 10.2 Å². The number of benzene rings is 2. The standard InChI is InChI=1S/C19H21N3O/c1-13-7-8-17-15(11-13)19(22-10-9-20-14(2)12-22)21-16-5-3-4-6-18(16)23-17/h3-8,11,14,20H,9-10,12H2,1-2H3. The minimum absolute atomic E-state index is 0.458. The van der Waals surface area contributed by atoms with E-state index in [9.17, 15) is 0 Å². The van der Waals surface area contributed by atoms with E-state index in [1.807, 2.05) is 30.3 Å². The van der Waals surface area contributed by atoms with Crippen LogP contribution in [-0.2, 0) is 0 Å². The van der Waals surface area contributed by atoms with Gasteiger partial charge in [0.15, 0.2) is 5.75 Å². The van der Waals surface area contributed by atoms with Crippen molar-refractivity contribution in [3.8, 4) is 11.5 Å². The molecule has 4 rings (SSSR count). The zero-order chi connectivity index (χ0) is 15.8. The highest BCUT2D eigenvalue weighted by atomic mass is 16.5. The third-order valence-electron chi connectivity index (χ3n) is 4.36. The van der Waals surface area contributed by atoms with Gasteiger partial charge in [-0.05, 0) is 38.1 Å². The Balaban J connectivity index is 1.87. The molecule has 1 atom stereocenters. The summed E-state index contributed by atoms with van der Waals surface area (Å²) in [6.45, 7) is 7.21. The first-order chi connectivity index (χ1) is 11.2. The minimum atomic E-state index is 0.458. The number of amidine groups is 1. The maximum atomic E-state index is 6.15. The lowest BCUT2D eigenvalue weighted by molar-refractivity contribution is 0.304. The first-order valence-corrected chi connectivity index (χ1v) is 8.15. The van der Waals surface area contributed by atoms with Crippen LogP contribution in [0.1, 0.15) is 18.1 Å². The van der Waals surface area contributed by atoms with Gasteiger partial charge in [0.25, 0.3) is 0 Å². The zero-order valence-electron chi connectivity index (χ0n) is 13.5. The monoisotopic (exact) mass is 307 g/mol. The van der Waals surface area contributed by atoms with E-state index < -0.39 is 0 Å². The molecule has 2 heterocycles. The molecule has 1 fully saturated rings. The molecule has 4 heteroatoms. The van der Waals surface area contributed by atoms with Crippen molar-refractivity contribution in [2.24, 2.45) is 4.99 Å². The highest BCUT2D eigenvalue weighted by Gasteiger charge is 2.25. The van der Waals surface area contributed by atoms with Crippen LogP contribution < -0.4 is 10.1 Å². The molecule has 0 spiro atoms. The number of nitrogens with zero attached hydrogens (tertiary/aromatic N) is 2. The smallest absolute Gasteiger partial charge is 0.153 e. The molecule has 0 aromatic heterocycles. The fraction of sp³-hybridized carbons (Fsp3) is 0.316. The van der Waals surface area contributed by atoms with E-state index in [4.69, 9.17) is 9.73 Å². The Kier molecular flexibility index (Phi) is 3.54. The molecule has 118 valence electrons. The van der Waals surface area contributed by atoms with Crippen molar-refractivity contribution < 1.29 is 4.74 Å². The molecule has 0 amide bonds. The molecule has 2 aliphatic heterocycles. The van der Waals surface area contributed by atoms with Gasteiger partial charge >= 0.3 is 0 Å². The number of aliphatic imine (C=N–C) groups is 1. The van der Waals surface area contributed by atoms with Crippen molar-refractivity contribution in [1.29, 1.82) is 0 Å². The van der Waals surface area contributed by atoms with Crippen LogP contribution in [0.3, 0.4) is 0 Å². The van der Waals surface area contributed by atoms with Gasteiger partial charge in [-0.2, -0.15) is 0 Å². The summed E-state index contributed by atoms with van der Waals surface area (Å²) in [6.07, 6.45) is 0. The van der Waals surface area contributed by atoms with E-state index in [-0.39, 0.29) is 0 Å². The summed E-state index contributed by atoms with van der Waals surface area (Å²) in [5.41, 5.74) is 3.19. The van der Waals surface area contributed by atoms with E-state index >= 15 is 0 Å². The van der Waals surface area contributed by atoms with Gasteiger partial charge in [-0.1, -0.05) is 23.8 Å². The van der Waals surface area contributed by atoms with Gasteiger partial charge in [-0.15, -0.1) is 0 Å². The molecule has 2 aromatic rings. The maximum absolute atomic E-state index is 6.15. The van der Waals surface area contributed by atoms with Gasteiger partial charge in [0.2, 0.25) is 0 Å². The van der Waals surface area contributed by atoms with E-state index in [0.29, 0.717) is 6.04 Å². The molecular weight excluding hydrogens is 286 g/mol. The van der Waals surface area contributed by atoms with Crippen LogP contribution in [-0.4, -0.2) is 36.4 Å². The fourth-order valence-electron chi connectivity index (χ4n) is 3.20. The molecule has 1 N–H and O–H groups in total. The summed E-state index contributed by atoms with van der Waals surface area (Å²) < 4.78 is 6.15. The normalized spacial score (nSPS) is 20.0. The SMILES string of the molecule is Cc1ccc2c(c1)C(N1CCNC(C)C1)=Nc1ccccc1O2. The summed E-state index contributed by atoms with van der Waals surface area (Å²) in [5.74, 6) is 2.71. The molecule has 0 bridgehead atoms. The van der Waals surface area contributed by atoms with Crippen LogP contribution in [0.2, 0.25) is 0 Å². The lowest BCUT2D eigenvalue weighted by Gasteiger charge is -2.34. The van der Waals surface area contributed by atoms with E-state index in [2.05, 4.69) is 36.2 Å². The highest BCUT2D eigenvalue weighted by molar-refractivity contribution is 6.04. The molecular formula is C19H21N3O. The third-order valence-corrected chi connectivity index (χ3v) is 4.36. The lowest BCUT2D eigenvalue weighted by atomic mass is 10.1. The van der Waals surface area contributed by atoms with Crippen molar-refractivity contribution in [3.05, 3.63) is 53.6 Å². The average Bonchev–Trinajstić information content (AvgIpc) is 2.71. The number of para-hydroxylation sites is 2. The van der Waals surface area contributed by atoms with Gasteiger partial charge in [0.1, 0.15) is 17.3 Å². The molecule has 2 aliphatic rings. The number of aryl methyl sites for hydroxylation is 1. The van der Waals surface area contributed by atoms with E-state index in [0.717, 1.165) is 48.2 Å². The third kappa shape index (κ3) is 2.70.